The zero-order valence-corrected chi connectivity index (χ0v) is 16.3. The first-order valence-electron chi connectivity index (χ1n) is 9.15. The summed E-state index contributed by atoms with van der Waals surface area (Å²) in [6.07, 6.45) is 0. The molecule has 6 heteroatoms. The summed E-state index contributed by atoms with van der Waals surface area (Å²) in [6.45, 7) is 4.92. The molecule has 0 aliphatic carbocycles. The van der Waals surface area contributed by atoms with E-state index in [9.17, 15) is 9.59 Å². The van der Waals surface area contributed by atoms with E-state index in [-0.39, 0.29) is 11.8 Å². The maximum atomic E-state index is 12.5. The lowest BCUT2D eigenvalue weighted by atomic mass is 10.2. The van der Waals surface area contributed by atoms with Gasteiger partial charge in [0.15, 0.2) is 0 Å². The van der Waals surface area contributed by atoms with Gasteiger partial charge < -0.3 is 14.5 Å². The number of nitrogens with zero attached hydrogens (tertiary/aromatic N) is 2. The van der Waals surface area contributed by atoms with Crippen molar-refractivity contribution in [1.82, 2.24) is 9.80 Å². The Balaban J connectivity index is 1.45. The van der Waals surface area contributed by atoms with Crippen molar-refractivity contribution in [2.75, 3.05) is 38.5 Å². The van der Waals surface area contributed by atoms with E-state index >= 15 is 0 Å². The van der Waals surface area contributed by atoms with Crippen LogP contribution in [0, 0.1) is 0 Å². The van der Waals surface area contributed by atoms with Crippen LogP contribution in [-0.2, 0) is 4.79 Å². The summed E-state index contributed by atoms with van der Waals surface area (Å²) in [6, 6.07) is 17.1. The van der Waals surface area contributed by atoms with Crippen LogP contribution in [0.3, 0.4) is 0 Å². The Kier molecular flexibility index (Phi) is 6.76. The van der Waals surface area contributed by atoms with Crippen LogP contribution in [0.5, 0.6) is 5.75 Å². The Labute approximate surface area is 164 Å². The molecule has 2 amide bonds. The average molecular weight is 385 g/mol. The number of rotatable bonds is 6. The van der Waals surface area contributed by atoms with Crippen molar-refractivity contribution in [2.24, 2.45) is 0 Å². The minimum absolute atomic E-state index is 0.0338. The maximum absolute atomic E-state index is 12.5. The van der Waals surface area contributed by atoms with E-state index in [1.165, 1.54) is 11.8 Å². The molecule has 0 bridgehead atoms. The lowest BCUT2D eigenvalue weighted by Crippen LogP contribution is -2.51. The standard InChI is InChI=1S/C21H24N2O3S/c1-2-26-18-8-10-19(11-9-18)27-16-20(24)22-12-14-23(15-13-22)21(25)17-6-4-3-5-7-17/h3-11H,2,12-16H2,1H3. The molecule has 1 aliphatic rings. The molecule has 3 rings (SSSR count). The summed E-state index contributed by atoms with van der Waals surface area (Å²) in [5, 5.41) is 0. The number of thioether (sulfide) groups is 1. The van der Waals surface area contributed by atoms with Gasteiger partial charge in [-0.15, -0.1) is 11.8 Å². The molecule has 0 spiro atoms. The summed E-state index contributed by atoms with van der Waals surface area (Å²) < 4.78 is 5.43. The molecule has 0 N–H and O–H groups in total. The van der Waals surface area contributed by atoms with Gasteiger partial charge in [0.05, 0.1) is 12.4 Å². The highest BCUT2D eigenvalue weighted by Crippen LogP contribution is 2.22. The third-order valence-electron chi connectivity index (χ3n) is 4.44. The van der Waals surface area contributed by atoms with Crippen LogP contribution in [0.2, 0.25) is 0 Å². The Bertz CT molecular complexity index is 757. The number of ether oxygens (including phenoxy) is 1. The monoisotopic (exact) mass is 384 g/mol. The van der Waals surface area contributed by atoms with Gasteiger partial charge in [0, 0.05) is 36.6 Å². The zero-order chi connectivity index (χ0) is 19.1. The molecular formula is C21H24N2O3S. The van der Waals surface area contributed by atoms with Crippen LogP contribution in [0.4, 0.5) is 0 Å². The predicted octanol–water partition coefficient (Wildman–Crippen LogP) is 3.16. The van der Waals surface area contributed by atoms with Gasteiger partial charge in [-0.1, -0.05) is 18.2 Å². The van der Waals surface area contributed by atoms with Gasteiger partial charge in [0.25, 0.3) is 5.91 Å². The normalized spacial score (nSPS) is 14.1. The molecule has 0 saturated carbocycles. The van der Waals surface area contributed by atoms with Crippen LogP contribution in [0.1, 0.15) is 17.3 Å². The smallest absolute Gasteiger partial charge is 0.253 e. The Morgan fingerprint density at radius 3 is 2.19 bits per heavy atom. The van der Waals surface area contributed by atoms with Crippen molar-refractivity contribution >= 4 is 23.6 Å². The van der Waals surface area contributed by atoms with Gasteiger partial charge in [0.2, 0.25) is 5.91 Å². The van der Waals surface area contributed by atoms with E-state index in [1.54, 1.807) is 0 Å². The van der Waals surface area contributed by atoms with Gasteiger partial charge in [-0.2, -0.15) is 0 Å². The fraction of sp³-hybridized carbons (Fsp3) is 0.333. The van der Waals surface area contributed by atoms with Crippen LogP contribution in [0.15, 0.2) is 59.5 Å². The molecule has 1 aliphatic heterocycles. The Morgan fingerprint density at radius 1 is 0.926 bits per heavy atom. The van der Waals surface area contributed by atoms with Crippen LogP contribution >= 0.6 is 11.8 Å². The number of piperazine rings is 1. The minimum Gasteiger partial charge on any atom is -0.494 e. The second-order valence-corrected chi connectivity index (χ2v) is 7.28. The topological polar surface area (TPSA) is 49.9 Å². The number of benzene rings is 2. The number of carbonyl (C=O) groups is 2. The lowest BCUT2D eigenvalue weighted by Gasteiger charge is -2.34. The van der Waals surface area contributed by atoms with E-state index in [1.807, 2.05) is 71.3 Å². The largest absolute Gasteiger partial charge is 0.494 e. The summed E-state index contributed by atoms with van der Waals surface area (Å²) in [5.74, 6) is 1.39. The molecule has 2 aromatic rings. The van der Waals surface area contributed by atoms with Crippen molar-refractivity contribution in [3.63, 3.8) is 0 Å². The van der Waals surface area contributed by atoms with Crippen LogP contribution in [-0.4, -0.2) is 60.2 Å². The quantitative estimate of drug-likeness (QED) is 0.718. The molecule has 5 nitrogen and oxygen atoms in total. The summed E-state index contributed by atoms with van der Waals surface area (Å²) in [4.78, 5) is 29.6. The average Bonchev–Trinajstić information content (AvgIpc) is 2.73. The molecule has 1 saturated heterocycles. The highest BCUT2D eigenvalue weighted by molar-refractivity contribution is 8.00. The van der Waals surface area contributed by atoms with E-state index in [2.05, 4.69) is 0 Å². The molecule has 0 radical (unpaired) electrons. The molecular weight excluding hydrogens is 360 g/mol. The minimum atomic E-state index is 0.0338. The molecule has 0 atom stereocenters. The molecule has 1 fully saturated rings. The van der Waals surface area contributed by atoms with Crippen molar-refractivity contribution in [3.05, 3.63) is 60.2 Å². The second-order valence-electron chi connectivity index (χ2n) is 6.23. The first-order valence-corrected chi connectivity index (χ1v) is 10.1. The van der Waals surface area contributed by atoms with Crippen molar-refractivity contribution in [1.29, 1.82) is 0 Å². The molecule has 2 aromatic carbocycles. The SMILES string of the molecule is CCOc1ccc(SCC(=O)N2CCN(C(=O)c3ccccc3)CC2)cc1. The number of carbonyl (C=O) groups excluding carboxylic acids is 2. The highest BCUT2D eigenvalue weighted by Gasteiger charge is 2.24. The zero-order valence-electron chi connectivity index (χ0n) is 15.5. The molecule has 27 heavy (non-hydrogen) atoms. The third kappa shape index (κ3) is 5.26. The fourth-order valence-electron chi connectivity index (χ4n) is 2.96. The van der Waals surface area contributed by atoms with E-state index in [4.69, 9.17) is 4.74 Å². The van der Waals surface area contributed by atoms with Crippen molar-refractivity contribution < 1.29 is 14.3 Å². The number of amides is 2. The summed E-state index contributed by atoms with van der Waals surface area (Å²) >= 11 is 1.53. The van der Waals surface area contributed by atoms with Gasteiger partial charge in [-0.25, -0.2) is 0 Å². The predicted molar refractivity (Wildman–Crippen MR) is 107 cm³/mol. The number of hydrogen-bond acceptors (Lipinski definition) is 4. The third-order valence-corrected chi connectivity index (χ3v) is 5.43. The van der Waals surface area contributed by atoms with Gasteiger partial charge in [-0.3, -0.25) is 9.59 Å². The molecule has 142 valence electrons. The van der Waals surface area contributed by atoms with Crippen LogP contribution in [0.25, 0.3) is 0 Å². The fourth-order valence-corrected chi connectivity index (χ4v) is 3.76. The highest BCUT2D eigenvalue weighted by atomic mass is 32.2. The molecule has 1 heterocycles. The molecule has 0 unspecified atom stereocenters. The van der Waals surface area contributed by atoms with Gasteiger partial charge >= 0.3 is 0 Å². The number of hydrogen-bond donors (Lipinski definition) is 0. The maximum Gasteiger partial charge on any atom is 0.253 e. The first-order chi connectivity index (χ1) is 13.2. The van der Waals surface area contributed by atoms with Crippen molar-refractivity contribution in [3.8, 4) is 5.75 Å². The summed E-state index contributed by atoms with van der Waals surface area (Å²) in [7, 11) is 0. The van der Waals surface area contributed by atoms with E-state index in [0.29, 0.717) is 44.1 Å². The Morgan fingerprint density at radius 2 is 1.56 bits per heavy atom. The van der Waals surface area contributed by atoms with Crippen molar-refractivity contribution in [2.45, 2.75) is 11.8 Å². The summed E-state index contributed by atoms with van der Waals surface area (Å²) in [5.41, 5.74) is 0.698. The van der Waals surface area contributed by atoms with Crippen LogP contribution < -0.4 is 4.74 Å². The van der Waals surface area contributed by atoms with E-state index in [0.717, 1.165) is 10.6 Å². The van der Waals surface area contributed by atoms with Gasteiger partial charge in [-0.05, 0) is 43.3 Å². The van der Waals surface area contributed by atoms with E-state index < -0.39 is 0 Å². The lowest BCUT2D eigenvalue weighted by molar-refractivity contribution is -0.129. The second kappa shape index (κ2) is 9.46. The van der Waals surface area contributed by atoms with Gasteiger partial charge in [0.1, 0.15) is 5.75 Å². The first kappa shape index (κ1) is 19.3. The molecule has 0 aromatic heterocycles. The Hall–Kier alpha value is -2.47.